The van der Waals surface area contributed by atoms with Crippen molar-refractivity contribution in [2.75, 3.05) is 26.7 Å². The SMILES string of the molecule is CCNC(=NCCNC(C)(C)C)NC(C)c1ccc(OC)c(F)c1.I. The summed E-state index contributed by atoms with van der Waals surface area (Å²) in [6.07, 6.45) is 0. The Balaban J connectivity index is 0.00000576. The molecule has 0 fully saturated rings. The molecule has 7 heteroatoms. The van der Waals surface area contributed by atoms with Gasteiger partial charge in [-0.25, -0.2) is 4.39 Å². The molecule has 1 aromatic rings. The van der Waals surface area contributed by atoms with Gasteiger partial charge in [0.1, 0.15) is 0 Å². The minimum absolute atomic E-state index is 0. The molecule has 0 aliphatic carbocycles. The summed E-state index contributed by atoms with van der Waals surface area (Å²) < 4.78 is 18.8. The van der Waals surface area contributed by atoms with Crippen LogP contribution in [0.1, 0.15) is 46.2 Å². The number of benzene rings is 1. The van der Waals surface area contributed by atoms with Crippen LogP contribution in [0.25, 0.3) is 0 Å². The summed E-state index contributed by atoms with van der Waals surface area (Å²) in [6.45, 7) is 12.6. The maximum Gasteiger partial charge on any atom is 0.191 e. The highest BCUT2D eigenvalue weighted by molar-refractivity contribution is 14.0. The van der Waals surface area contributed by atoms with E-state index in [1.54, 1.807) is 6.07 Å². The molecule has 1 aromatic carbocycles. The number of nitrogens with one attached hydrogen (secondary N) is 3. The predicted octanol–water partition coefficient (Wildman–Crippen LogP) is 3.46. The van der Waals surface area contributed by atoms with Gasteiger partial charge in [-0.2, -0.15) is 0 Å². The molecule has 1 rings (SSSR count). The molecule has 0 spiro atoms. The van der Waals surface area contributed by atoms with Crippen LogP contribution in [-0.4, -0.2) is 38.2 Å². The standard InChI is InChI=1S/C18H31FN4O.HI/c1-7-20-17(21-10-11-22-18(3,4)5)23-13(2)14-8-9-16(24-6)15(19)12-14;/h8-9,12-13,22H,7,10-11H2,1-6H3,(H2,20,21,23);1H. The van der Waals surface area contributed by atoms with Gasteiger partial charge in [-0.15, -0.1) is 24.0 Å². The van der Waals surface area contributed by atoms with Crippen molar-refractivity contribution in [1.29, 1.82) is 0 Å². The first-order valence-electron chi connectivity index (χ1n) is 8.40. The smallest absolute Gasteiger partial charge is 0.191 e. The van der Waals surface area contributed by atoms with E-state index in [2.05, 4.69) is 41.7 Å². The molecule has 5 nitrogen and oxygen atoms in total. The largest absolute Gasteiger partial charge is 0.494 e. The molecule has 1 atom stereocenters. The third kappa shape index (κ3) is 9.25. The van der Waals surface area contributed by atoms with E-state index in [9.17, 15) is 4.39 Å². The Morgan fingerprint density at radius 1 is 1.32 bits per heavy atom. The van der Waals surface area contributed by atoms with Crippen LogP contribution in [0.2, 0.25) is 0 Å². The molecule has 0 amide bonds. The molecule has 0 aliphatic rings. The lowest BCUT2D eigenvalue weighted by Gasteiger charge is -2.21. The first-order valence-corrected chi connectivity index (χ1v) is 8.40. The van der Waals surface area contributed by atoms with Crippen LogP contribution in [0.15, 0.2) is 23.2 Å². The minimum Gasteiger partial charge on any atom is -0.494 e. The molecule has 0 aliphatic heterocycles. The molecule has 0 heterocycles. The second-order valence-corrected chi connectivity index (χ2v) is 6.70. The summed E-state index contributed by atoms with van der Waals surface area (Å²) in [5, 5.41) is 9.91. The highest BCUT2D eigenvalue weighted by atomic mass is 127. The lowest BCUT2D eigenvalue weighted by molar-refractivity contribution is 0.386. The maximum absolute atomic E-state index is 13.8. The number of halogens is 2. The fourth-order valence-electron chi connectivity index (χ4n) is 2.16. The van der Waals surface area contributed by atoms with E-state index < -0.39 is 0 Å². The summed E-state index contributed by atoms with van der Waals surface area (Å²) in [4.78, 5) is 4.55. The van der Waals surface area contributed by atoms with Crippen molar-refractivity contribution in [2.45, 2.75) is 46.2 Å². The van der Waals surface area contributed by atoms with Crippen molar-refractivity contribution in [3.8, 4) is 5.75 Å². The number of hydrogen-bond donors (Lipinski definition) is 3. The van der Waals surface area contributed by atoms with Crippen LogP contribution in [0.4, 0.5) is 4.39 Å². The predicted molar refractivity (Wildman–Crippen MR) is 114 cm³/mol. The lowest BCUT2D eigenvalue weighted by Crippen LogP contribution is -2.40. The molecular weight excluding hydrogens is 434 g/mol. The molecule has 0 radical (unpaired) electrons. The van der Waals surface area contributed by atoms with Crippen molar-refractivity contribution in [1.82, 2.24) is 16.0 Å². The number of methoxy groups -OCH3 is 1. The lowest BCUT2D eigenvalue weighted by atomic mass is 10.1. The topological polar surface area (TPSA) is 57.7 Å². The molecule has 3 N–H and O–H groups in total. The normalized spacial score (nSPS) is 13.0. The van der Waals surface area contributed by atoms with Crippen LogP contribution < -0.4 is 20.7 Å². The molecule has 0 bridgehead atoms. The van der Waals surface area contributed by atoms with E-state index in [0.717, 1.165) is 24.6 Å². The van der Waals surface area contributed by atoms with E-state index in [-0.39, 0.29) is 47.1 Å². The van der Waals surface area contributed by atoms with Crippen molar-refractivity contribution in [3.63, 3.8) is 0 Å². The van der Waals surface area contributed by atoms with E-state index >= 15 is 0 Å². The average Bonchev–Trinajstić information content (AvgIpc) is 2.50. The third-order valence-electron chi connectivity index (χ3n) is 3.41. The van der Waals surface area contributed by atoms with Crippen LogP contribution in [0.3, 0.4) is 0 Å². The third-order valence-corrected chi connectivity index (χ3v) is 3.41. The molecule has 0 aromatic heterocycles. The van der Waals surface area contributed by atoms with Gasteiger partial charge in [0.05, 0.1) is 19.7 Å². The second-order valence-electron chi connectivity index (χ2n) is 6.70. The molecule has 0 saturated heterocycles. The fourth-order valence-corrected chi connectivity index (χ4v) is 2.16. The van der Waals surface area contributed by atoms with Gasteiger partial charge in [-0.05, 0) is 52.3 Å². The second kappa shape index (κ2) is 11.5. The zero-order chi connectivity index (χ0) is 18.2. The van der Waals surface area contributed by atoms with E-state index in [0.29, 0.717) is 6.54 Å². The Labute approximate surface area is 168 Å². The first-order chi connectivity index (χ1) is 11.3. The van der Waals surface area contributed by atoms with Gasteiger partial charge in [0, 0.05) is 18.6 Å². The highest BCUT2D eigenvalue weighted by Crippen LogP contribution is 2.21. The van der Waals surface area contributed by atoms with E-state index in [1.165, 1.54) is 13.2 Å². The molecular formula is C18H32FIN4O. The van der Waals surface area contributed by atoms with Gasteiger partial charge in [-0.1, -0.05) is 6.07 Å². The van der Waals surface area contributed by atoms with Gasteiger partial charge in [-0.3, -0.25) is 4.99 Å². The minimum atomic E-state index is -0.361. The summed E-state index contributed by atoms with van der Waals surface area (Å²) in [6, 6.07) is 4.91. The Bertz CT molecular complexity index is 546. The number of aliphatic imine (C=N–C) groups is 1. The number of rotatable bonds is 7. The monoisotopic (exact) mass is 466 g/mol. The Morgan fingerprint density at radius 3 is 2.52 bits per heavy atom. The van der Waals surface area contributed by atoms with Gasteiger partial charge in [0.2, 0.25) is 0 Å². The molecule has 1 unspecified atom stereocenters. The van der Waals surface area contributed by atoms with Crippen molar-refractivity contribution in [2.24, 2.45) is 4.99 Å². The van der Waals surface area contributed by atoms with Crippen molar-refractivity contribution < 1.29 is 9.13 Å². The maximum atomic E-state index is 13.8. The van der Waals surface area contributed by atoms with E-state index in [4.69, 9.17) is 4.74 Å². The summed E-state index contributed by atoms with van der Waals surface area (Å²) in [5.41, 5.74) is 0.918. The number of nitrogens with zero attached hydrogens (tertiary/aromatic N) is 1. The van der Waals surface area contributed by atoms with E-state index in [1.807, 2.05) is 19.9 Å². The van der Waals surface area contributed by atoms with Gasteiger partial charge in [0.15, 0.2) is 17.5 Å². The summed E-state index contributed by atoms with van der Waals surface area (Å²) in [5.74, 6) is 0.608. The quantitative estimate of drug-likeness (QED) is 0.250. The summed E-state index contributed by atoms with van der Waals surface area (Å²) >= 11 is 0. The van der Waals surface area contributed by atoms with Gasteiger partial charge < -0.3 is 20.7 Å². The Kier molecular flexibility index (Phi) is 11.0. The zero-order valence-corrected chi connectivity index (χ0v) is 18.4. The number of ether oxygens (including phenoxy) is 1. The molecule has 144 valence electrons. The van der Waals surface area contributed by atoms with Crippen LogP contribution >= 0.6 is 24.0 Å². The van der Waals surface area contributed by atoms with Gasteiger partial charge >= 0.3 is 0 Å². The van der Waals surface area contributed by atoms with Crippen molar-refractivity contribution in [3.05, 3.63) is 29.6 Å². The van der Waals surface area contributed by atoms with Crippen molar-refractivity contribution >= 4 is 29.9 Å². The highest BCUT2D eigenvalue weighted by Gasteiger charge is 2.11. The fraction of sp³-hybridized carbons (Fsp3) is 0.611. The van der Waals surface area contributed by atoms with Gasteiger partial charge in [0.25, 0.3) is 0 Å². The Morgan fingerprint density at radius 2 is 2.00 bits per heavy atom. The zero-order valence-electron chi connectivity index (χ0n) is 16.1. The summed E-state index contributed by atoms with van der Waals surface area (Å²) in [7, 11) is 1.46. The number of guanidine groups is 1. The van der Waals surface area contributed by atoms with Crippen LogP contribution in [0, 0.1) is 5.82 Å². The Hall–Kier alpha value is -1.09. The molecule has 0 saturated carbocycles. The van der Waals surface area contributed by atoms with Crippen LogP contribution in [0.5, 0.6) is 5.75 Å². The van der Waals surface area contributed by atoms with Crippen LogP contribution in [-0.2, 0) is 0 Å². The molecule has 25 heavy (non-hydrogen) atoms. The number of hydrogen-bond acceptors (Lipinski definition) is 3. The first kappa shape index (κ1) is 23.9. The average molecular weight is 466 g/mol.